The lowest BCUT2D eigenvalue weighted by molar-refractivity contribution is 0.449. The van der Waals surface area contributed by atoms with E-state index < -0.39 is 0 Å². The minimum Gasteiger partial charge on any atom is -0.445 e. The van der Waals surface area contributed by atoms with Crippen LogP contribution in [-0.2, 0) is 13.1 Å². The van der Waals surface area contributed by atoms with Gasteiger partial charge < -0.3 is 9.73 Å². The highest BCUT2D eigenvalue weighted by atomic mass is 79.9. The van der Waals surface area contributed by atoms with Gasteiger partial charge in [-0.15, -0.1) is 0 Å². The average molecular weight is 332 g/mol. The first-order chi connectivity index (χ1) is 9.74. The SMILES string of the molecule is Cc1cnc(CNCc2ccc(Br)c3cccnc23)o1. The van der Waals surface area contributed by atoms with Gasteiger partial charge in [-0.2, -0.15) is 0 Å². The Labute approximate surface area is 125 Å². The molecule has 0 aliphatic rings. The summed E-state index contributed by atoms with van der Waals surface area (Å²) < 4.78 is 6.49. The molecular formula is C15H14BrN3O. The third kappa shape index (κ3) is 2.73. The highest BCUT2D eigenvalue weighted by Gasteiger charge is 2.06. The third-order valence-electron chi connectivity index (χ3n) is 3.06. The lowest BCUT2D eigenvalue weighted by Gasteiger charge is -2.07. The minimum atomic E-state index is 0.609. The summed E-state index contributed by atoms with van der Waals surface area (Å²) in [5.41, 5.74) is 2.17. The zero-order valence-electron chi connectivity index (χ0n) is 11.1. The second-order valence-corrected chi connectivity index (χ2v) is 5.43. The number of hydrogen-bond donors (Lipinski definition) is 1. The van der Waals surface area contributed by atoms with E-state index in [1.165, 1.54) is 0 Å². The first kappa shape index (κ1) is 13.3. The number of nitrogens with zero attached hydrogens (tertiary/aromatic N) is 2. The van der Waals surface area contributed by atoms with Crippen molar-refractivity contribution in [3.63, 3.8) is 0 Å². The van der Waals surface area contributed by atoms with Crippen LogP contribution in [0.3, 0.4) is 0 Å². The largest absolute Gasteiger partial charge is 0.445 e. The van der Waals surface area contributed by atoms with Crippen molar-refractivity contribution in [2.45, 2.75) is 20.0 Å². The predicted molar refractivity (Wildman–Crippen MR) is 81.2 cm³/mol. The molecule has 2 heterocycles. The number of nitrogens with one attached hydrogen (secondary N) is 1. The van der Waals surface area contributed by atoms with Crippen molar-refractivity contribution in [1.29, 1.82) is 0 Å². The van der Waals surface area contributed by atoms with E-state index in [1.54, 1.807) is 6.20 Å². The van der Waals surface area contributed by atoms with Gasteiger partial charge >= 0.3 is 0 Å². The molecule has 0 unspecified atom stereocenters. The Balaban J connectivity index is 1.76. The van der Waals surface area contributed by atoms with Gasteiger partial charge in [0.2, 0.25) is 5.89 Å². The Morgan fingerprint density at radius 2 is 2.10 bits per heavy atom. The zero-order valence-corrected chi connectivity index (χ0v) is 12.6. The molecule has 3 rings (SSSR count). The van der Waals surface area contributed by atoms with Crippen LogP contribution in [0.4, 0.5) is 0 Å². The Hall–Kier alpha value is -1.72. The highest BCUT2D eigenvalue weighted by Crippen LogP contribution is 2.25. The van der Waals surface area contributed by atoms with E-state index in [-0.39, 0.29) is 0 Å². The Kier molecular flexibility index (Phi) is 3.80. The maximum absolute atomic E-state index is 5.43. The fourth-order valence-corrected chi connectivity index (χ4v) is 2.58. The molecule has 0 fully saturated rings. The van der Waals surface area contributed by atoms with Crippen molar-refractivity contribution < 1.29 is 4.42 Å². The third-order valence-corrected chi connectivity index (χ3v) is 3.75. The number of rotatable bonds is 4. The molecule has 0 atom stereocenters. The quantitative estimate of drug-likeness (QED) is 0.793. The van der Waals surface area contributed by atoms with E-state index in [0.717, 1.165) is 33.2 Å². The van der Waals surface area contributed by atoms with Crippen molar-refractivity contribution in [2.75, 3.05) is 0 Å². The van der Waals surface area contributed by atoms with Crippen molar-refractivity contribution in [3.8, 4) is 0 Å². The Bertz CT molecular complexity index is 739. The topological polar surface area (TPSA) is 51.0 Å². The molecule has 20 heavy (non-hydrogen) atoms. The zero-order chi connectivity index (χ0) is 13.9. The first-order valence-corrected chi connectivity index (χ1v) is 7.17. The molecule has 3 aromatic rings. The monoisotopic (exact) mass is 331 g/mol. The Morgan fingerprint density at radius 3 is 2.90 bits per heavy atom. The van der Waals surface area contributed by atoms with Crippen LogP contribution in [0, 0.1) is 6.92 Å². The van der Waals surface area contributed by atoms with E-state index in [2.05, 4.69) is 49.4 Å². The van der Waals surface area contributed by atoms with Crippen LogP contribution >= 0.6 is 15.9 Å². The number of halogens is 1. The number of aryl methyl sites for hydroxylation is 1. The number of hydrogen-bond acceptors (Lipinski definition) is 4. The summed E-state index contributed by atoms with van der Waals surface area (Å²) in [4.78, 5) is 8.63. The highest BCUT2D eigenvalue weighted by molar-refractivity contribution is 9.10. The number of aromatic nitrogens is 2. The number of pyridine rings is 1. The van der Waals surface area contributed by atoms with Gasteiger partial charge in [-0.25, -0.2) is 4.98 Å². The molecule has 2 aromatic heterocycles. The summed E-state index contributed by atoms with van der Waals surface area (Å²) in [6.07, 6.45) is 3.54. The lowest BCUT2D eigenvalue weighted by atomic mass is 10.1. The van der Waals surface area contributed by atoms with Gasteiger partial charge in [0.15, 0.2) is 0 Å². The van der Waals surface area contributed by atoms with Crippen molar-refractivity contribution in [2.24, 2.45) is 0 Å². The van der Waals surface area contributed by atoms with Crippen molar-refractivity contribution >= 4 is 26.8 Å². The van der Waals surface area contributed by atoms with Gasteiger partial charge in [-0.3, -0.25) is 4.98 Å². The van der Waals surface area contributed by atoms with Crippen LogP contribution in [0.15, 0.2) is 45.5 Å². The van der Waals surface area contributed by atoms with Gasteiger partial charge in [-0.05, 0) is 24.6 Å². The molecule has 5 heteroatoms. The summed E-state index contributed by atoms with van der Waals surface area (Å²) in [6.45, 7) is 3.23. The molecule has 0 radical (unpaired) electrons. The van der Waals surface area contributed by atoms with Gasteiger partial charge in [0.05, 0.1) is 18.3 Å². The summed E-state index contributed by atoms with van der Waals surface area (Å²) in [6, 6.07) is 8.14. The normalized spacial score (nSPS) is 11.1. The van der Waals surface area contributed by atoms with Gasteiger partial charge in [0, 0.05) is 22.6 Å². The number of benzene rings is 1. The molecule has 102 valence electrons. The van der Waals surface area contributed by atoms with Crippen LogP contribution in [0.2, 0.25) is 0 Å². The van der Waals surface area contributed by atoms with E-state index in [0.29, 0.717) is 12.4 Å². The second kappa shape index (κ2) is 5.73. The minimum absolute atomic E-state index is 0.609. The fraction of sp³-hybridized carbons (Fsp3) is 0.200. The van der Waals surface area contributed by atoms with E-state index in [4.69, 9.17) is 4.42 Å². The van der Waals surface area contributed by atoms with Crippen molar-refractivity contribution in [1.82, 2.24) is 15.3 Å². The summed E-state index contributed by atoms with van der Waals surface area (Å²) in [5, 5.41) is 4.46. The summed E-state index contributed by atoms with van der Waals surface area (Å²) in [5.74, 6) is 1.54. The van der Waals surface area contributed by atoms with Crippen LogP contribution in [0.25, 0.3) is 10.9 Å². The van der Waals surface area contributed by atoms with Crippen LogP contribution in [-0.4, -0.2) is 9.97 Å². The molecule has 1 N–H and O–H groups in total. The van der Waals surface area contributed by atoms with Crippen molar-refractivity contribution in [3.05, 3.63) is 58.3 Å². The molecule has 0 amide bonds. The lowest BCUT2D eigenvalue weighted by Crippen LogP contribution is -2.13. The summed E-state index contributed by atoms with van der Waals surface area (Å²) >= 11 is 3.55. The van der Waals surface area contributed by atoms with Crippen LogP contribution in [0.1, 0.15) is 17.2 Å². The van der Waals surface area contributed by atoms with Gasteiger partial charge in [0.1, 0.15) is 5.76 Å². The van der Waals surface area contributed by atoms with Gasteiger partial charge in [-0.1, -0.05) is 28.1 Å². The molecule has 0 spiro atoms. The second-order valence-electron chi connectivity index (χ2n) is 4.57. The number of fused-ring (bicyclic) bond motifs is 1. The molecule has 0 saturated heterocycles. The molecule has 0 aliphatic carbocycles. The van der Waals surface area contributed by atoms with E-state index >= 15 is 0 Å². The number of oxazole rings is 1. The predicted octanol–water partition coefficient (Wildman–Crippen LogP) is 3.58. The maximum atomic E-state index is 5.43. The smallest absolute Gasteiger partial charge is 0.208 e. The molecular weight excluding hydrogens is 318 g/mol. The summed E-state index contributed by atoms with van der Waals surface area (Å²) in [7, 11) is 0. The van der Waals surface area contributed by atoms with Crippen LogP contribution in [0.5, 0.6) is 0 Å². The first-order valence-electron chi connectivity index (χ1n) is 6.38. The molecule has 0 bridgehead atoms. The average Bonchev–Trinajstić information content (AvgIpc) is 2.87. The van der Waals surface area contributed by atoms with Crippen LogP contribution < -0.4 is 5.32 Å². The van der Waals surface area contributed by atoms with Gasteiger partial charge in [0.25, 0.3) is 0 Å². The molecule has 4 nitrogen and oxygen atoms in total. The Morgan fingerprint density at radius 1 is 1.20 bits per heavy atom. The molecule has 1 aromatic carbocycles. The molecule has 0 saturated carbocycles. The van der Waals surface area contributed by atoms with E-state index in [9.17, 15) is 0 Å². The fourth-order valence-electron chi connectivity index (χ4n) is 2.13. The standard InChI is InChI=1S/C15H14BrN3O/c1-10-7-19-14(20-10)9-17-8-11-4-5-13(16)12-3-2-6-18-15(11)12/h2-7,17H,8-9H2,1H3. The van der Waals surface area contributed by atoms with E-state index in [1.807, 2.05) is 19.2 Å². The maximum Gasteiger partial charge on any atom is 0.208 e. The molecule has 0 aliphatic heterocycles.